The van der Waals surface area contributed by atoms with Crippen LogP contribution in [0.1, 0.15) is 42.4 Å². The van der Waals surface area contributed by atoms with Gasteiger partial charge in [0, 0.05) is 28.4 Å². The number of hydrogen-bond acceptors (Lipinski definition) is 4. The van der Waals surface area contributed by atoms with Gasteiger partial charge in [-0.3, -0.25) is 4.79 Å². The van der Waals surface area contributed by atoms with Gasteiger partial charge in [0.1, 0.15) is 0 Å². The molecule has 3 heterocycles. The quantitative estimate of drug-likeness (QED) is 0.924. The monoisotopic (exact) mass is 342 g/mol. The number of fused-ring (bicyclic) bond motifs is 2. The third kappa shape index (κ3) is 2.30. The number of thiazole rings is 1. The van der Waals surface area contributed by atoms with E-state index >= 15 is 0 Å². The van der Waals surface area contributed by atoms with E-state index in [1.54, 1.807) is 0 Å². The Morgan fingerprint density at radius 2 is 2.17 bits per heavy atom. The van der Waals surface area contributed by atoms with Crippen LogP contribution in [0.5, 0.6) is 0 Å². The van der Waals surface area contributed by atoms with Gasteiger partial charge in [0.2, 0.25) is 0 Å². The third-order valence-electron chi connectivity index (χ3n) is 5.86. The van der Waals surface area contributed by atoms with E-state index in [-0.39, 0.29) is 30.0 Å². The molecule has 0 aliphatic carbocycles. The molecule has 2 aromatic rings. The number of amides is 1. The highest BCUT2D eigenvalue weighted by Crippen LogP contribution is 2.51. The molecule has 0 radical (unpaired) electrons. The number of benzene rings is 1. The minimum atomic E-state index is -0.113. The Kier molecular flexibility index (Phi) is 3.93. The van der Waals surface area contributed by atoms with E-state index in [1.807, 2.05) is 40.6 Å². The molecule has 126 valence electrons. The molecule has 3 atom stereocenters. The maximum Gasteiger partial charge on any atom is 0.283 e. The molecule has 4 nitrogen and oxygen atoms in total. The molecule has 0 spiro atoms. The Balaban J connectivity index is 1.60. The predicted octanol–water partition coefficient (Wildman–Crippen LogP) is 3.58. The van der Waals surface area contributed by atoms with E-state index in [0.29, 0.717) is 5.01 Å². The van der Waals surface area contributed by atoms with Gasteiger partial charge in [-0.05, 0) is 25.7 Å². The topological polar surface area (TPSA) is 53.4 Å². The summed E-state index contributed by atoms with van der Waals surface area (Å²) in [7, 11) is 0. The van der Waals surface area contributed by atoms with Crippen molar-refractivity contribution in [3.8, 4) is 11.3 Å². The highest BCUT2D eigenvalue weighted by atomic mass is 32.1. The Bertz CT molecular complexity index is 739. The van der Waals surface area contributed by atoms with E-state index in [9.17, 15) is 9.90 Å². The first-order chi connectivity index (χ1) is 11.7. The first kappa shape index (κ1) is 15.8. The van der Waals surface area contributed by atoms with Gasteiger partial charge in [-0.15, -0.1) is 11.3 Å². The van der Waals surface area contributed by atoms with Gasteiger partial charge in [-0.2, -0.15) is 0 Å². The fourth-order valence-corrected chi connectivity index (χ4v) is 5.25. The molecule has 4 rings (SSSR count). The van der Waals surface area contributed by atoms with Crippen molar-refractivity contribution in [1.82, 2.24) is 9.88 Å². The van der Waals surface area contributed by atoms with E-state index in [4.69, 9.17) is 0 Å². The number of rotatable bonds is 4. The van der Waals surface area contributed by atoms with Crippen LogP contribution in [-0.4, -0.2) is 39.6 Å². The van der Waals surface area contributed by atoms with Crippen LogP contribution in [0.4, 0.5) is 0 Å². The lowest BCUT2D eigenvalue weighted by atomic mass is 9.72. The zero-order valence-corrected chi connectivity index (χ0v) is 14.6. The van der Waals surface area contributed by atoms with Gasteiger partial charge < -0.3 is 10.0 Å². The molecule has 2 aliphatic rings. The van der Waals surface area contributed by atoms with Gasteiger partial charge in [-0.25, -0.2) is 4.98 Å². The fourth-order valence-electron chi connectivity index (χ4n) is 4.48. The molecule has 2 bridgehead atoms. The van der Waals surface area contributed by atoms with Crippen molar-refractivity contribution in [2.75, 3.05) is 6.61 Å². The lowest BCUT2D eigenvalue weighted by molar-refractivity contribution is 0.0557. The number of carbonyl (C=O) groups excluding carboxylic acids is 1. The average Bonchev–Trinajstić information content (AvgIpc) is 3.35. The second kappa shape index (κ2) is 5.97. The van der Waals surface area contributed by atoms with E-state index in [0.717, 1.165) is 36.9 Å². The van der Waals surface area contributed by atoms with Crippen LogP contribution in [0.15, 0.2) is 35.7 Å². The number of aliphatic hydroxyl groups is 1. The standard InChI is InChI=1S/C19H22N2O2S/c1-2-19(12-22)10-14-8-9-16(19)21(14)18(23)17-20-15(11-24-17)13-6-4-3-5-7-13/h3-7,11,14,16,22H,2,8-10,12H2,1H3/t14-,16+,19-/m1/s1. The van der Waals surface area contributed by atoms with Crippen LogP contribution < -0.4 is 0 Å². The second-order valence-electron chi connectivity index (χ2n) is 6.94. The van der Waals surface area contributed by atoms with Crippen molar-refractivity contribution in [3.05, 3.63) is 40.7 Å². The average molecular weight is 342 g/mol. The molecule has 2 aliphatic heterocycles. The maximum absolute atomic E-state index is 13.1. The van der Waals surface area contributed by atoms with Crippen LogP contribution in [0, 0.1) is 5.41 Å². The maximum atomic E-state index is 13.1. The number of aliphatic hydroxyl groups excluding tert-OH is 1. The van der Waals surface area contributed by atoms with Crippen molar-refractivity contribution >= 4 is 17.2 Å². The summed E-state index contributed by atoms with van der Waals surface area (Å²) in [4.78, 5) is 19.7. The Morgan fingerprint density at radius 1 is 1.38 bits per heavy atom. The Labute approximate surface area is 146 Å². The zero-order valence-electron chi connectivity index (χ0n) is 13.8. The van der Waals surface area contributed by atoms with Crippen molar-refractivity contribution in [2.24, 2.45) is 5.41 Å². The van der Waals surface area contributed by atoms with Gasteiger partial charge in [0.25, 0.3) is 5.91 Å². The summed E-state index contributed by atoms with van der Waals surface area (Å²) in [6.07, 6.45) is 3.89. The van der Waals surface area contributed by atoms with Crippen LogP contribution >= 0.6 is 11.3 Å². The first-order valence-corrected chi connectivity index (χ1v) is 9.51. The zero-order chi connectivity index (χ0) is 16.7. The highest BCUT2D eigenvalue weighted by molar-refractivity contribution is 7.12. The van der Waals surface area contributed by atoms with Gasteiger partial charge in [-0.1, -0.05) is 37.3 Å². The smallest absolute Gasteiger partial charge is 0.283 e. The van der Waals surface area contributed by atoms with E-state index < -0.39 is 0 Å². The summed E-state index contributed by atoms with van der Waals surface area (Å²) in [6.45, 7) is 2.29. The lowest BCUT2D eigenvalue weighted by Crippen LogP contribution is -2.42. The molecular weight excluding hydrogens is 320 g/mol. The van der Waals surface area contributed by atoms with Crippen LogP contribution in [0.25, 0.3) is 11.3 Å². The summed E-state index contributed by atoms with van der Waals surface area (Å²) >= 11 is 1.42. The lowest BCUT2D eigenvalue weighted by Gasteiger charge is -2.34. The summed E-state index contributed by atoms with van der Waals surface area (Å²) in [5, 5.41) is 12.4. The van der Waals surface area contributed by atoms with Crippen molar-refractivity contribution < 1.29 is 9.90 Å². The number of aromatic nitrogens is 1. The molecule has 5 heteroatoms. The summed E-state index contributed by atoms with van der Waals surface area (Å²) in [5.41, 5.74) is 1.79. The Hall–Kier alpha value is -1.72. The first-order valence-electron chi connectivity index (χ1n) is 8.63. The SMILES string of the molecule is CC[C@]1(CO)C[C@H]2CC[C@@H]1N2C(=O)c1nc(-c2ccccc2)cs1. The predicted molar refractivity (Wildman–Crippen MR) is 95.0 cm³/mol. The van der Waals surface area contributed by atoms with Crippen LogP contribution in [-0.2, 0) is 0 Å². The van der Waals surface area contributed by atoms with Gasteiger partial charge in [0.15, 0.2) is 5.01 Å². The van der Waals surface area contributed by atoms with Crippen LogP contribution in [0.3, 0.4) is 0 Å². The number of hydrogen-bond donors (Lipinski definition) is 1. The largest absolute Gasteiger partial charge is 0.396 e. The molecular formula is C19H22N2O2S. The van der Waals surface area contributed by atoms with Gasteiger partial charge >= 0.3 is 0 Å². The molecule has 2 fully saturated rings. The minimum absolute atomic E-state index is 0.0402. The minimum Gasteiger partial charge on any atom is -0.396 e. The molecule has 0 unspecified atom stereocenters. The van der Waals surface area contributed by atoms with Crippen molar-refractivity contribution in [1.29, 1.82) is 0 Å². The van der Waals surface area contributed by atoms with Crippen molar-refractivity contribution in [3.63, 3.8) is 0 Å². The van der Waals surface area contributed by atoms with E-state index in [2.05, 4.69) is 11.9 Å². The van der Waals surface area contributed by atoms with Crippen LogP contribution in [0.2, 0.25) is 0 Å². The second-order valence-corrected chi connectivity index (χ2v) is 7.80. The van der Waals surface area contributed by atoms with E-state index in [1.165, 1.54) is 11.3 Å². The summed E-state index contributed by atoms with van der Waals surface area (Å²) in [6, 6.07) is 10.4. The molecule has 2 saturated heterocycles. The van der Waals surface area contributed by atoms with Crippen molar-refractivity contribution in [2.45, 2.75) is 44.7 Å². The highest BCUT2D eigenvalue weighted by Gasteiger charge is 2.56. The molecule has 1 amide bonds. The Morgan fingerprint density at radius 3 is 2.83 bits per heavy atom. The fraction of sp³-hybridized carbons (Fsp3) is 0.474. The molecule has 1 aromatic heterocycles. The normalized spacial score (nSPS) is 28.5. The molecule has 0 saturated carbocycles. The molecule has 1 aromatic carbocycles. The molecule has 1 N–H and O–H groups in total. The summed E-state index contributed by atoms with van der Waals surface area (Å²) < 4.78 is 0. The number of carbonyl (C=O) groups is 1. The summed E-state index contributed by atoms with van der Waals surface area (Å²) in [5.74, 6) is 0.0402. The number of nitrogens with zero attached hydrogens (tertiary/aromatic N) is 2. The third-order valence-corrected chi connectivity index (χ3v) is 6.69. The van der Waals surface area contributed by atoms with Gasteiger partial charge in [0.05, 0.1) is 12.3 Å². The molecule has 24 heavy (non-hydrogen) atoms.